The average Bonchev–Trinajstić information content (AvgIpc) is 3.20. The summed E-state index contributed by atoms with van der Waals surface area (Å²) in [6.07, 6.45) is 2.32. The van der Waals surface area contributed by atoms with Crippen molar-refractivity contribution in [2.24, 2.45) is 5.92 Å². The van der Waals surface area contributed by atoms with E-state index in [9.17, 15) is 19.2 Å². The summed E-state index contributed by atoms with van der Waals surface area (Å²) in [5.74, 6) is -1.85. The van der Waals surface area contributed by atoms with Crippen LogP contribution >= 0.6 is 11.3 Å². The maximum absolute atomic E-state index is 13.6. The number of carbonyl (C=O) groups is 4. The summed E-state index contributed by atoms with van der Waals surface area (Å²) in [7, 11) is 0. The third-order valence-electron chi connectivity index (χ3n) is 6.28. The molecule has 1 aliphatic carbocycles. The van der Waals surface area contributed by atoms with Crippen molar-refractivity contribution in [3.63, 3.8) is 0 Å². The van der Waals surface area contributed by atoms with E-state index in [2.05, 4.69) is 15.6 Å². The smallest absolute Gasteiger partial charge is 0.433 e. The lowest BCUT2D eigenvalue weighted by Gasteiger charge is -2.33. The molecular weight excluding hydrogens is 476 g/mol. The Labute approximate surface area is 203 Å². The van der Waals surface area contributed by atoms with E-state index in [4.69, 9.17) is 14.6 Å². The molecule has 3 aliphatic rings. The van der Waals surface area contributed by atoms with Crippen LogP contribution in [0.2, 0.25) is 0 Å². The van der Waals surface area contributed by atoms with Gasteiger partial charge >= 0.3 is 23.8 Å². The molecule has 182 valence electrons. The van der Waals surface area contributed by atoms with Crippen LogP contribution in [-0.4, -0.2) is 57.8 Å². The minimum Gasteiger partial charge on any atom is -0.476 e. The first-order valence-corrected chi connectivity index (χ1v) is 12.0. The number of nitrogens with zero attached hydrogens (tertiary/aromatic N) is 2. The predicted molar refractivity (Wildman–Crippen MR) is 122 cm³/mol. The van der Waals surface area contributed by atoms with E-state index in [1.807, 2.05) is 30.3 Å². The third kappa shape index (κ3) is 4.26. The topological polar surface area (TPSA) is 144 Å². The molecule has 2 aliphatic heterocycles. The minimum atomic E-state index is -1.22. The van der Waals surface area contributed by atoms with Gasteiger partial charge in [0, 0.05) is 18.2 Å². The molecule has 1 aromatic carbocycles. The van der Waals surface area contributed by atoms with Crippen LogP contribution in [0.25, 0.3) is 0 Å². The second-order valence-electron chi connectivity index (χ2n) is 8.60. The fraction of sp³-hybridized carbons (Fsp3) is 0.348. The second-order valence-corrected chi connectivity index (χ2v) is 9.46. The molecule has 0 spiro atoms. The molecule has 2 unspecified atom stereocenters. The first-order chi connectivity index (χ1) is 16.9. The van der Waals surface area contributed by atoms with Gasteiger partial charge in [-0.25, -0.2) is 19.4 Å². The quantitative estimate of drug-likeness (QED) is 0.353. The van der Waals surface area contributed by atoms with Gasteiger partial charge in [-0.15, -0.1) is 11.3 Å². The number of ether oxygens (including phenoxy) is 2. The van der Waals surface area contributed by atoms with Crippen LogP contribution in [0, 0.1) is 5.92 Å². The van der Waals surface area contributed by atoms with Gasteiger partial charge in [0.05, 0.1) is 0 Å². The Balaban J connectivity index is 1.55. The number of carboxylic acid groups (broad SMARTS) is 1. The highest BCUT2D eigenvalue weighted by molar-refractivity contribution is 7.14. The van der Waals surface area contributed by atoms with Gasteiger partial charge in [0.1, 0.15) is 6.54 Å². The molecule has 1 saturated heterocycles. The molecule has 1 aromatic heterocycles. The van der Waals surface area contributed by atoms with Crippen LogP contribution in [0.4, 0.5) is 9.93 Å². The summed E-state index contributed by atoms with van der Waals surface area (Å²) in [5, 5.41) is 15.7. The van der Waals surface area contributed by atoms with E-state index >= 15 is 0 Å². The van der Waals surface area contributed by atoms with Crippen LogP contribution in [0.5, 0.6) is 0 Å². The van der Waals surface area contributed by atoms with Gasteiger partial charge in [0.15, 0.2) is 16.9 Å². The fourth-order valence-electron chi connectivity index (χ4n) is 4.41. The highest BCUT2D eigenvalue weighted by atomic mass is 32.1. The molecule has 3 N–H and O–H groups in total. The normalized spacial score (nSPS) is 22.4. The standard InChI is InChI=1S/C23H22N4O7S/c28-18-10-24-23(32)27(18,20-17(33-12-34-20)9-13-4-2-1-3-5-13)16(8-14-6-7-14)19(29)26-22-25-15(11-35-22)21(30)31/h1-5,11,14,16H,6-10,12H2,(H2-,24,25,26,29,30,31,32)/p+1. The number of hydrogen-bond acceptors (Lipinski definition) is 8. The largest absolute Gasteiger partial charge is 0.476 e. The number of anilines is 1. The van der Waals surface area contributed by atoms with E-state index in [0.29, 0.717) is 5.76 Å². The molecule has 5 rings (SSSR count). The van der Waals surface area contributed by atoms with Gasteiger partial charge in [0.2, 0.25) is 12.6 Å². The molecule has 0 radical (unpaired) electrons. The molecule has 12 heteroatoms. The third-order valence-corrected chi connectivity index (χ3v) is 7.03. The molecule has 2 fully saturated rings. The summed E-state index contributed by atoms with van der Waals surface area (Å²) in [4.78, 5) is 55.5. The number of hydrogen-bond donors (Lipinski definition) is 3. The summed E-state index contributed by atoms with van der Waals surface area (Å²) in [5.41, 5.74) is 0.686. The lowest BCUT2D eigenvalue weighted by atomic mass is 10.0. The average molecular weight is 500 g/mol. The van der Waals surface area contributed by atoms with Crippen molar-refractivity contribution in [3.05, 3.63) is 58.6 Å². The van der Waals surface area contributed by atoms with Crippen molar-refractivity contribution in [1.29, 1.82) is 0 Å². The SMILES string of the molecule is O=C(O)c1csc(NC(=O)C(CC2CC2)[N+]2(C3=C(Cc4ccccc4)OCO3)C(=O)CNC2=O)n1. The number of quaternary nitrogens is 1. The van der Waals surface area contributed by atoms with Crippen molar-refractivity contribution in [1.82, 2.24) is 10.3 Å². The Morgan fingerprint density at radius 1 is 1.23 bits per heavy atom. The first-order valence-electron chi connectivity index (χ1n) is 11.1. The van der Waals surface area contributed by atoms with Crippen LogP contribution < -0.4 is 10.6 Å². The van der Waals surface area contributed by atoms with E-state index in [-0.39, 0.29) is 48.8 Å². The second kappa shape index (κ2) is 9.12. The number of benzene rings is 1. The monoisotopic (exact) mass is 499 g/mol. The number of carbonyl (C=O) groups excluding carboxylic acids is 3. The summed E-state index contributed by atoms with van der Waals surface area (Å²) in [6.45, 7) is -0.427. The van der Waals surface area contributed by atoms with Crippen LogP contribution in [-0.2, 0) is 25.5 Å². The lowest BCUT2D eigenvalue weighted by Crippen LogP contribution is -2.63. The predicted octanol–water partition coefficient (Wildman–Crippen LogP) is 2.43. The Hall–Kier alpha value is -3.77. The van der Waals surface area contributed by atoms with E-state index in [0.717, 1.165) is 29.7 Å². The lowest BCUT2D eigenvalue weighted by molar-refractivity contribution is -0.764. The highest BCUT2D eigenvalue weighted by Crippen LogP contribution is 2.42. The number of urea groups is 1. The van der Waals surface area contributed by atoms with Crippen LogP contribution in [0.3, 0.4) is 0 Å². The highest BCUT2D eigenvalue weighted by Gasteiger charge is 2.65. The Kier molecular flexibility index (Phi) is 5.99. The molecule has 4 amide bonds. The molecule has 2 aromatic rings. The van der Waals surface area contributed by atoms with Crippen molar-refractivity contribution in [3.8, 4) is 0 Å². The number of aromatic carboxylic acids is 1. The number of rotatable bonds is 9. The van der Waals surface area contributed by atoms with Crippen molar-refractivity contribution >= 4 is 40.3 Å². The zero-order chi connectivity index (χ0) is 24.6. The van der Waals surface area contributed by atoms with Crippen molar-refractivity contribution in [2.45, 2.75) is 31.7 Å². The van der Waals surface area contributed by atoms with Gasteiger partial charge in [-0.05, 0) is 24.3 Å². The number of nitrogens with one attached hydrogen (secondary N) is 2. The van der Waals surface area contributed by atoms with E-state index < -0.39 is 34.3 Å². The number of thiazole rings is 1. The van der Waals surface area contributed by atoms with Gasteiger partial charge in [-0.3, -0.25) is 15.4 Å². The van der Waals surface area contributed by atoms with E-state index in [1.165, 1.54) is 5.38 Å². The first kappa shape index (κ1) is 23.0. The maximum atomic E-state index is 13.6. The number of carboxylic acids is 1. The molecule has 11 nitrogen and oxygen atoms in total. The Morgan fingerprint density at radius 2 is 2.00 bits per heavy atom. The zero-order valence-corrected chi connectivity index (χ0v) is 19.4. The molecule has 0 bridgehead atoms. The van der Waals surface area contributed by atoms with Crippen molar-refractivity contribution < 1.29 is 38.2 Å². The molecule has 35 heavy (non-hydrogen) atoms. The van der Waals surface area contributed by atoms with E-state index in [1.54, 1.807) is 0 Å². The Morgan fingerprint density at radius 3 is 2.63 bits per heavy atom. The fourth-order valence-corrected chi connectivity index (χ4v) is 5.10. The Bertz CT molecular complexity index is 1210. The van der Waals surface area contributed by atoms with Gasteiger partial charge in [-0.2, -0.15) is 0 Å². The number of aromatic nitrogens is 1. The molecular formula is C23H23N4O7S+. The molecule has 3 heterocycles. The number of allylic oxidation sites excluding steroid dienone is 1. The van der Waals surface area contributed by atoms with Crippen LogP contribution in [0.15, 0.2) is 47.4 Å². The van der Waals surface area contributed by atoms with Gasteiger partial charge < -0.3 is 14.6 Å². The van der Waals surface area contributed by atoms with Crippen molar-refractivity contribution in [2.75, 3.05) is 18.7 Å². The van der Waals surface area contributed by atoms with Gasteiger partial charge in [0.25, 0.3) is 5.91 Å². The van der Waals surface area contributed by atoms with Crippen LogP contribution in [0.1, 0.15) is 35.3 Å². The van der Waals surface area contributed by atoms with Gasteiger partial charge in [-0.1, -0.05) is 34.8 Å². The summed E-state index contributed by atoms with van der Waals surface area (Å²) in [6, 6.07) is 7.59. The minimum absolute atomic E-state index is 0.0139. The number of amides is 4. The summed E-state index contributed by atoms with van der Waals surface area (Å²) >= 11 is 0.951. The molecule has 1 saturated carbocycles. The number of imide groups is 1. The summed E-state index contributed by atoms with van der Waals surface area (Å²) < 4.78 is 10.5. The molecule has 2 atom stereocenters. The maximum Gasteiger partial charge on any atom is 0.433 e. The zero-order valence-electron chi connectivity index (χ0n) is 18.6.